The zero-order valence-corrected chi connectivity index (χ0v) is 14.2. The topological polar surface area (TPSA) is 75.2 Å². The van der Waals surface area contributed by atoms with Gasteiger partial charge in [0.1, 0.15) is 0 Å². The first-order valence-corrected chi connectivity index (χ1v) is 8.64. The lowest BCUT2D eigenvalue weighted by atomic mass is 9.99. The van der Waals surface area contributed by atoms with E-state index in [9.17, 15) is 14.4 Å². The van der Waals surface area contributed by atoms with Crippen LogP contribution in [0.25, 0.3) is 11.0 Å². The highest BCUT2D eigenvalue weighted by Gasteiger charge is 2.26. The Kier molecular flexibility index (Phi) is 4.55. The van der Waals surface area contributed by atoms with Crippen LogP contribution in [0.15, 0.2) is 27.8 Å². The summed E-state index contributed by atoms with van der Waals surface area (Å²) in [6, 6.07) is 5.46. The molecule has 128 valence electrons. The third-order valence-electron chi connectivity index (χ3n) is 4.90. The second kappa shape index (κ2) is 6.63. The van der Waals surface area contributed by atoms with Crippen molar-refractivity contribution >= 4 is 16.9 Å². The van der Waals surface area contributed by atoms with Gasteiger partial charge in [0, 0.05) is 24.7 Å². The van der Waals surface area contributed by atoms with Crippen LogP contribution in [-0.2, 0) is 6.54 Å². The predicted molar refractivity (Wildman–Crippen MR) is 93.5 cm³/mol. The van der Waals surface area contributed by atoms with Crippen molar-refractivity contribution in [1.29, 1.82) is 0 Å². The molecule has 1 aliphatic rings. The van der Waals surface area contributed by atoms with Gasteiger partial charge >= 0.3 is 11.1 Å². The summed E-state index contributed by atoms with van der Waals surface area (Å²) in [7, 11) is 0. The molecule has 6 nitrogen and oxygen atoms in total. The number of aryl methyl sites for hydroxylation is 1. The molecule has 0 saturated carbocycles. The van der Waals surface area contributed by atoms with Crippen LogP contribution in [0.4, 0.5) is 0 Å². The highest BCUT2D eigenvalue weighted by molar-refractivity contribution is 5.97. The van der Waals surface area contributed by atoms with Gasteiger partial charge in [-0.15, -0.1) is 0 Å². The molecule has 1 aromatic heterocycles. The fraction of sp³-hybridized carbons (Fsp3) is 0.500. The Bertz CT molecular complexity index is 881. The van der Waals surface area contributed by atoms with Crippen LogP contribution in [0, 0.1) is 0 Å². The van der Waals surface area contributed by atoms with Crippen molar-refractivity contribution in [2.24, 2.45) is 0 Å². The monoisotopic (exact) mass is 329 g/mol. The average molecular weight is 329 g/mol. The number of H-pyrrole nitrogens is 1. The van der Waals surface area contributed by atoms with Crippen molar-refractivity contribution in [1.82, 2.24) is 14.5 Å². The SMILES string of the molecule is CCC1CCCCN1C(=O)c1ccc2c(c1)[nH]c(=O)c(=O)n2CC. The maximum atomic E-state index is 12.9. The van der Waals surface area contributed by atoms with E-state index < -0.39 is 11.1 Å². The normalized spacial score (nSPS) is 18.1. The van der Waals surface area contributed by atoms with E-state index in [4.69, 9.17) is 0 Å². The Hall–Kier alpha value is -2.37. The number of carbonyl (C=O) groups is 1. The maximum absolute atomic E-state index is 12.9. The van der Waals surface area contributed by atoms with E-state index in [1.807, 2.05) is 11.8 Å². The molecule has 0 bridgehead atoms. The van der Waals surface area contributed by atoms with Crippen LogP contribution in [0.5, 0.6) is 0 Å². The number of rotatable bonds is 3. The lowest BCUT2D eigenvalue weighted by Crippen LogP contribution is -2.43. The molecule has 2 aromatic rings. The molecular formula is C18H23N3O3. The van der Waals surface area contributed by atoms with Crippen molar-refractivity contribution in [2.45, 2.75) is 52.1 Å². The number of hydrogen-bond acceptors (Lipinski definition) is 3. The van der Waals surface area contributed by atoms with Crippen LogP contribution in [0.2, 0.25) is 0 Å². The summed E-state index contributed by atoms with van der Waals surface area (Å²) in [6.45, 7) is 5.12. The van der Waals surface area contributed by atoms with Crippen molar-refractivity contribution < 1.29 is 4.79 Å². The molecule has 1 saturated heterocycles. The number of nitrogens with one attached hydrogen (secondary N) is 1. The third kappa shape index (κ3) is 2.77. The molecule has 1 aromatic carbocycles. The number of amides is 1. The molecule has 1 amide bonds. The van der Waals surface area contributed by atoms with Crippen LogP contribution < -0.4 is 11.1 Å². The summed E-state index contributed by atoms with van der Waals surface area (Å²) in [5, 5.41) is 0. The van der Waals surface area contributed by atoms with Gasteiger partial charge in [-0.3, -0.25) is 14.4 Å². The molecular weight excluding hydrogens is 306 g/mol. The highest BCUT2D eigenvalue weighted by Crippen LogP contribution is 2.22. The summed E-state index contributed by atoms with van der Waals surface area (Å²) in [6.07, 6.45) is 4.19. The molecule has 1 unspecified atom stereocenters. The molecule has 24 heavy (non-hydrogen) atoms. The van der Waals surface area contributed by atoms with Gasteiger partial charge in [-0.05, 0) is 50.8 Å². The largest absolute Gasteiger partial charge is 0.336 e. The summed E-state index contributed by atoms with van der Waals surface area (Å²) in [4.78, 5) is 41.1. The van der Waals surface area contributed by atoms with Gasteiger partial charge in [0.2, 0.25) is 0 Å². The standard InChI is InChI=1S/C18H23N3O3/c1-3-13-7-5-6-10-21(13)17(23)12-8-9-15-14(11-12)19-16(22)18(24)20(15)4-2/h8-9,11,13H,3-7,10H2,1-2H3,(H,19,22). The van der Waals surface area contributed by atoms with Gasteiger partial charge < -0.3 is 14.5 Å². The number of likely N-dealkylation sites (tertiary alicyclic amines) is 1. The molecule has 0 aliphatic carbocycles. The maximum Gasteiger partial charge on any atom is 0.316 e. The van der Waals surface area contributed by atoms with Gasteiger partial charge in [-0.1, -0.05) is 6.92 Å². The summed E-state index contributed by atoms with van der Waals surface area (Å²) < 4.78 is 1.43. The predicted octanol–water partition coefficient (Wildman–Crippen LogP) is 2.11. The van der Waals surface area contributed by atoms with Gasteiger partial charge in [-0.2, -0.15) is 0 Å². The number of aromatic amines is 1. The number of fused-ring (bicyclic) bond motifs is 1. The molecule has 1 atom stereocenters. The Balaban J connectivity index is 2.04. The van der Waals surface area contributed by atoms with E-state index in [1.54, 1.807) is 18.2 Å². The Morgan fingerprint density at radius 3 is 2.75 bits per heavy atom. The zero-order valence-electron chi connectivity index (χ0n) is 14.2. The number of carbonyl (C=O) groups excluding carboxylic acids is 1. The van der Waals surface area contributed by atoms with Crippen LogP contribution in [-0.4, -0.2) is 32.9 Å². The molecule has 3 rings (SSSR count). The average Bonchev–Trinajstić information content (AvgIpc) is 2.61. The van der Waals surface area contributed by atoms with E-state index >= 15 is 0 Å². The lowest BCUT2D eigenvalue weighted by Gasteiger charge is -2.35. The number of nitrogens with zero attached hydrogens (tertiary/aromatic N) is 2. The first kappa shape index (κ1) is 16.5. The quantitative estimate of drug-likeness (QED) is 0.876. The summed E-state index contributed by atoms with van der Waals surface area (Å²) in [5.74, 6) is -0.00134. The molecule has 6 heteroatoms. The Morgan fingerprint density at radius 1 is 1.25 bits per heavy atom. The van der Waals surface area contributed by atoms with E-state index in [2.05, 4.69) is 11.9 Å². The van der Waals surface area contributed by atoms with Crippen molar-refractivity contribution in [3.63, 3.8) is 0 Å². The minimum Gasteiger partial charge on any atom is -0.336 e. The molecule has 1 N–H and O–H groups in total. The Morgan fingerprint density at radius 2 is 2.04 bits per heavy atom. The Labute approximate surface area is 140 Å². The van der Waals surface area contributed by atoms with Crippen LogP contribution in [0.3, 0.4) is 0 Å². The highest BCUT2D eigenvalue weighted by atomic mass is 16.2. The van der Waals surface area contributed by atoms with Crippen molar-refractivity contribution in [3.05, 3.63) is 44.5 Å². The first-order chi connectivity index (χ1) is 11.6. The van der Waals surface area contributed by atoms with Gasteiger partial charge in [0.15, 0.2) is 0 Å². The van der Waals surface area contributed by atoms with Crippen LogP contribution in [0.1, 0.15) is 49.9 Å². The van der Waals surface area contributed by atoms with E-state index in [1.165, 1.54) is 4.57 Å². The number of benzene rings is 1. The van der Waals surface area contributed by atoms with E-state index in [0.717, 1.165) is 32.2 Å². The fourth-order valence-corrected chi connectivity index (χ4v) is 3.58. The lowest BCUT2D eigenvalue weighted by molar-refractivity contribution is 0.0608. The van der Waals surface area contributed by atoms with Crippen molar-refractivity contribution in [2.75, 3.05) is 6.54 Å². The summed E-state index contributed by atoms with van der Waals surface area (Å²) >= 11 is 0. The van der Waals surface area contributed by atoms with E-state index in [0.29, 0.717) is 23.1 Å². The van der Waals surface area contributed by atoms with Crippen LogP contribution >= 0.6 is 0 Å². The number of hydrogen-bond donors (Lipinski definition) is 1. The molecule has 0 spiro atoms. The molecule has 1 fully saturated rings. The van der Waals surface area contributed by atoms with Gasteiger partial charge in [0.05, 0.1) is 11.0 Å². The number of piperidine rings is 1. The molecule has 0 radical (unpaired) electrons. The minimum absolute atomic E-state index is 0.00134. The number of aromatic nitrogens is 2. The second-order valence-corrected chi connectivity index (χ2v) is 6.29. The van der Waals surface area contributed by atoms with Crippen molar-refractivity contribution in [3.8, 4) is 0 Å². The fourth-order valence-electron chi connectivity index (χ4n) is 3.58. The molecule has 1 aliphatic heterocycles. The first-order valence-electron chi connectivity index (χ1n) is 8.64. The van der Waals surface area contributed by atoms with Gasteiger partial charge in [-0.25, -0.2) is 0 Å². The second-order valence-electron chi connectivity index (χ2n) is 6.29. The smallest absolute Gasteiger partial charge is 0.316 e. The summed E-state index contributed by atoms with van der Waals surface area (Å²) in [5.41, 5.74) is 0.506. The minimum atomic E-state index is -0.654. The zero-order chi connectivity index (χ0) is 17.3. The van der Waals surface area contributed by atoms with Gasteiger partial charge in [0.25, 0.3) is 5.91 Å². The van der Waals surface area contributed by atoms with E-state index in [-0.39, 0.29) is 11.9 Å². The molecule has 2 heterocycles. The third-order valence-corrected chi connectivity index (χ3v) is 4.90.